The SMILES string of the molecule is O[C@H]1CCN2CCCC[C@@H]12. The van der Waals surface area contributed by atoms with Crippen molar-refractivity contribution >= 4 is 0 Å². The van der Waals surface area contributed by atoms with Gasteiger partial charge in [-0.15, -0.1) is 0 Å². The first-order valence-corrected chi connectivity index (χ1v) is 4.30. The molecule has 58 valence electrons. The lowest BCUT2D eigenvalue weighted by molar-refractivity contribution is 0.0914. The fourth-order valence-corrected chi connectivity index (χ4v) is 2.22. The van der Waals surface area contributed by atoms with Crippen molar-refractivity contribution in [3.8, 4) is 0 Å². The van der Waals surface area contributed by atoms with Gasteiger partial charge < -0.3 is 5.11 Å². The zero-order valence-corrected chi connectivity index (χ0v) is 6.29. The molecule has 1 N–H and O–H groups in total. The number of piperidine rings is 1. The molecule has 0 aromatic carbocycles. The zero-order valence-electron chi connectivity index (χ0n) is 6.29. The van der Waals surface area contributed by atoms with Crippen molar-refractivity contribution in [1.29, 1.82) is 0 Å². The van der Waals surface area contributed by atoms with E-state index < -0.39 is 0 Å². The van der Waals surface area contributed by atoms with Crippen LogP contribution in [-0.2, 0) is 0 Å². The van der Waals surface area contributed by atoms with Crippen LogP contribution in [0.2, 0.25) is 0 Å². The van der Waals surface area contributed by atoms with Crippen LogP contribution in [0, 0.1) is 0 Å². The third-order valence-electron chi connectivity index (χ3n) is 2.82. The van der Waals surface area contributed by atoms with Gasteiger partial charge in [-0.2, -0.15) is 0 Å². The highest BCUT2D eigenvalue weighted by atomic mass is 16.3. The fraction of sp³-hybridized carbons (Fsp3) is 1.00. The van der Waals surface area contributed by atoms with Gasteiger partial charge in [0.05, 0.1) is 6.10 Å². The third kappa shape index (κ3) is 0.956. The summed E-state index contributed by atoms with van der Waals surface area (Å²) >= 11 is 0. The summed E-state index contributed by atoms with van der Waals surface area (Å²) in [6.45, 7) is 2.35. The smallest absolute Gasteiger partial charge is 0.0707 e. The van der Waals surface area contributed by atoms with Crippen LogP contribution in [0.4, 0.5) is 0 Å². The van der Waals surface area contributed by atoms with Gasteiger partial charge in [0.1, 0.15) is 0 Å². The molecule has 2 heterocycles. The number of fused-ring (bicyclic) bond motifs is 1. The van der Waals surface area contributed by atoms with E-state index in [1.54, 1.807) is 0 Å². The van der Waals surface area contributed by atoms with E-state index in [1.165, 1.54) is 25.8 Å². The monoisotopic (exact) mass is 141 g/mol. The second-order valence-electron chi connectivity index (χ2n) is 3.46. The molecule has 2 nitrogen and oxygen atoms in total. The second-order valence-corrected chi connectivity index (χ2v) is 3.46. The van der Waals surface area contributed by atoms with Gasteiger partial charge in [0.25, 0.3) is 0 Å². The molecule has 0 unspecified atom stereocenters. The van der Waals surface area contributed by atoms with Gasteiger partial charge in [-0.25, -0.2) is 0 Å². The van der Waals surface area contributed by atoms with Crippen molar-refractivity contribution in [3.05, 3.63) is 0 Å². The van der Waals surface area contributed by atoms with E-state index in [1.807, 2.05) is 0 Å². The highest BCUT2D eigenvalue weighted by Crippen LogP contribution is 2.26. The summed E-state index contributed by atoms with van der Waals surface area (Å²) in [6, 6.07) is 0.522. The predicted octanol–water partition coefficient (Wildman–Crippen LogP) is 0.606. The van der Waals surface area contributed by atoms with E-state index in [9.17, 15) is 5.11 Å². The number of hydrogen-bond acceptors (Lipinski definition) is 2. The van der Waals surface area contributed by atoms with Crippen LogP contribution in [0.5, 0.6) is 0 Å². The van der Waals surface area contributed by atoms with Gasteiger partial charge in [0, 0.05) is 12.6 Å². The summed E-state index contributed by atoms with van der Waals surface area (Å²) in [7, 11) is 0. The number of rotatable bonds is 0. The summed E-state index contributed by atoms with van der Waals surface area (Å²) < 4.78 is 0. The Bertz CT molecular complexity index is 124. The molecule has 2 aliphatic heterocycles. The maximum atomic E-state index is 9.48. The van der Waals surface area contributed by atoms with Crippen LogP contribution < -0.4 is 0 Å². The van der Waals surface area contributed by atoms with E-state index >= 15 is 0 Å². The van der Waals surface area contributed by atoms with E-state index in [0.717, 1.165) is 13.0 Å². The first-order valence-electron chi connectivity index (χ1n) is 4.30. The molecule has 2 saturated heterocycles. The molecule has 2 aliphatic rings. The molecule has 2 fully saturated rings. The third-order valence-corrected chi connectivity index (χ3v) is 2.82. The maximum absolute atomic E-state index is 9.48. The van der Waals surface area contributed by atoms with Gasteiger partial charge in [-0.3, -0.25) is 4.90 Å². The first-order chi connectivity index (χ1) is 4.88. The first kappa shape index (κ1) is 6.62. The summed E-state index contributed by atoms with van der Waals surface area (Å²) in [4.78, 5) is 2.44. The van der Waals surface area contributed by atoms with Crippen molar-refractivity contribution in [2.75, 3.05) is 13.1 Å². The molecule has 0 radical (unpaired) electrons. The maximum Gasteiger partial charge on any atom is 0.0707 e. The minimum atomic E-state index is -0.0136. The fourth-order valence-electron chi connectivity index (χ4n) is 2.22. The summed E-state index contributed by atoms with van der Waals surface area (Å²) in [6.07, 6.45) is 4.87. The standard InChI is InChI=1S/C8H15NO/c10-8-4-6-9-5-2-1-3-7(8)9/h7-8,10H,1-6H2/t7-,8-/m0/s1. The molecule has 0 aromatic rings. The van der Waals surface area contributed by atoms with Gasteiger partial charge in [0.2, 0.25) is 0 Å². The minimum Gasteiger partial charge on any atom is -0.391 e. The van der Waals surface area contributed by atoms with Crippen molar-refractivity contribution in [2.45, 2.75) is 37.8 Å². The second kappa shape index (κ2) is 2.51. The Balaban J connectivity index is 2.01. The Hall–Kier alpha value is -0.0800. The van der Waals surface area contributed by atoms with E-state index in [-0.39, 0.29) is 6.10 Å². The number of aliphatic hydroxyl groups excluding tert-OH is 1. The Morgan fingerprint density at radius 3 is 2.80 bits per heavy atom. The van der Waals surface area contributed by atoms with E-state index in [4.69, 9.17) is 0 Å². The largest absolute Gasteiger partial charge is 0.391 e. The molecule has 2 rings (SSSR count). The van der Waals surface area contributed by atoms with Crippen LogP contribution in [0.25, 0.3) is 0 Å². The Labute approximate surface area is 61.8 Å². The van der Waals surface area contributed by atoms with E-state index in [2.05, 4.69) is 4.90 Å². The van der Waals surface area contributed by atoms with Crippen LogP contribution in [-0.4, -0.2) is 35.2 Å². The highest BCUT2D eigenvalue weighted by Gasteiger charge is 2.33. The Morgan fingerprint density at radius 1 is 1.10 bits per heavy atom. The van der Waals surface area contributed by atoms with Crippen LogP contribution in [0.1, 0.15) is 25.7 Å². The molecule has 0 saturated carbocycles. The number of hydrogen-bond donors (Lipinski definition) is 1. The summed E-state index contributed by atoms with van der Waals surface area (Å²) in [5.74, 6) is 0. The van der Waals surface area contributed by atoms with Gasteiger partial charge in [-0.05, 0) is 25.8 Å². The lowest BCUT2D eigenvalue weighted by atomic mass is 10.0. The molecule has 0 spiro atoms. The predicted molar refractivity (Wildman–Crippen MR) is 39.8 cm³/mol. The van der Waals surface area contributed by atoms with Crippen LogP contribution in [0.15, 0.2) is 0 Å². The molecular weight excluding hydrogens is 126 g/mol. The Kier molecular flexibility index (Phi) is 1.66. The van der Waals surface area contributed by atoms with E-state index in [0.29, 0.717) is 6.04 Å². The quantitative estimate of drug-likeness (QED) is 0.534. The topological polar surface area (TPSA) is 23.5 Å². The van der Waals surface area contributed by atoms with Crippen LogP contribution in [0.3, 0.4) is 0 Å². The number of nitrogens with zero attached hydrogens (tertiary/aromatic N) is 1. The lowest BCUT2D eigenvalue weighted by Gasteiger charge is -2.30. The average molecular weight is 141 g/mol. The molecule has 0 aromatic heterocycles. The molecule has 0 bridgehead atoms. The molecule has 2 heteroatoms. The average Bonchev–Trinajstić information content (AvgIpc) is 2.34. The summed E-state index contributed by atoms with van der Waals surface area (Å²) in [5.41, 5.74) is 0. The van der Waals surface area contributed by atoms with Gasteiger partial charge in [0.15, 0.2) is 0 Å². The lowest BCUT2D eigenvalue weighted by Crippen LogP contribution is -2.38. The molecule has 0 amide bonds. The normalized spacial score (nSPS) is 41.7. The molecule has 0 aliphatic carbocycles. The minimum absolute atomic E-state index is 0.0136. The van der Waals surface area contributed by atoms with Crippen molar-refractivity contribution in [1.82, 2.24) is 4.90 Å². The van der Waals surface area contributed by atoms with Gasteiger partial charge >= 0.3 is 0 Å². The molecule has 10 heavy (non-hydrogen) atoms. The van der Waals surface area contributed by atoms with Crippen molar-refractivity contribution in [3.63, 3.8) is 0 Å². The van der Waals surface area contributed by atoms with Crippen LogP contribution >= 0.6 is 0 Å². The highest BCUT2D eigenvalue weighted by molar-refractivity contribution is 4.89. The van der Waals surface area contributed by atoms with Gasteiger partial charge in [-0.1, -0.05) is 6.42 Å². The molecule has 2 atom stereocenters. The van der Waals surface area contributed by atoms with Crippen molar-refractivity contribution < 1.29 is 5.11 Å². The van der Waals surface area contributed by atoms with Crippen molar-refractivity contribution in [2.24, 2.45) is 0 Å². The zero-order chi connectivity index (χ0) is 6.97. The summed E-state index contributed by atoms with van der Waals surface area (Å²) in [5, 5.41) is 9.48. The molecular formula is C8H15NO. The Morgan fingerprint density at radius 2 is 2.00 bits per heavy atom. The number of aliphatic hydroxyl groups is 1.